The summed E-state index contributed by atoms with van der Waals surface area (Å²) in [6.07, 6.45) is 0. The molecule has 0 amide bonds. The summed E-state index contributed by atoms with van der Waals surface area (Å²) in [5.74, 6) is 0. The third-order valence-electron chi connectivity index (χ3n) is 4.14. The molecule has 7 heteroatoms. The summed E-state index contributed by atoms with van der Waals surface area (Å²) in [6.45, 7) is 3.87. The summed E-state index contributed by atoms with van der Waals surface area (Å²) in [4.78, 5) is 2.41. The third kappa shape index (κ3) is 3.40. The number of nitrogens with zero attached hydrogens (tertiary/aromatic N) is 2. The van der Waals surface area contributed by atoms with Crippen molar-refractivity contribution in [3.63, 3.8) is 0 Å². The molecule has 0 N–H and O–H groups in total. The fourth-order valence-corrected chi connectivity index (χ4v) is 4.77. The van der Waals surface area contributed by atoms with Gasteiger partial charge < -0.3 is 4.90 Å². The number of benzene rings is 2. The molecule has 2 aromatic rings. The topological polar surface area (TPSA) is 40.6 Å². The highest BCUT2D eigenvalue weighted by Crippen LogP contribution is 2.33. The van der Waals surface area contributed by atoms with Gasteiger partial charge >= 0.3 is 0 Å². The zero-order valence-electron chi connectivity index (χ0n) is 13.2. The van der Waals surface area contributed by atoms with E-state index < -0.39 is 10.0 Å². The number of piperazine rings is 1. The van der Waals surface area contributed by atoms with Crippen LogP contribution < -0.4 is 4.90 Å². The van der Waals surface area contributed by atoms with Crippen LogP contribution in [0.1, 0.15) is 5.56 Å². The Morgan fingerprint density at radius 1 is 0.958 bits per heavy atom. The van der Waals surface area contributed by atoms with Gasteiger partial charge in [0.05, 0.1) is 20.6 Å². The Balaban J connectivity index is 1.76. The molecule has 128 valence electrons. The first kappa shape index (κ1) is 17.5. The summed E-state index contributed by atoms with van der Waals surface area (Å²) < 4.78 is 27.1. The molecule has 0 unspecified atom stereocenters. The smallest absolute Gasteiger partial charge is 0.243 e. The van der Waals surface area contributed by atoms with Crippen LogP contribution in [0.4, 0.5) is 5.69 Å². The van der Waals surface area contributed by atoms with Gasteiger partial charge in [-0.2, -0.15) is 4.31 Å². The second kappa shape index (κ2) is 6.92. The maximum Gasteiger partial charge on any atom is 0.243 e. The maximum absolute atomic E-state index is 12.8. The lowest BCUT2D eigenvalue weighted by atomic mass is 10.2. The van der Waals surface area contributed by atoms with Gasteiger partial charge in [-0.05, 0) is 36.8 Å². The lowest BCUT2D eigenvalue weighted by molar-refractivity contribution is 0.385. The molecule has 0 aromatic heterocycles. The molecule has 0 bridgehead atoms. The van der Waals surface area contributed by atoms with Gasteiger partial charge in [-0.25, -0.2) is 8.42 Å². The van der Waals surface area contributed by atoms with Crippen molar-refractivity contribution >= 4 is 38.9 Å². The third-order valence-corrected chi connectivity index (χ3v) is 6.84. The number of hydrogen-bond acceptors (Lipinski definition) is 3. The first-order valence-electron chi connectivity index (χ1n) is 7.65. The summed E-state index contributed by atoms with van der Waals surface area (Å²) in [5, 5.41) is 1.01. The number of halogens is 2. The second-order valence-electron chi connectivity index (χ2n) is 5.78. The van der Waals surface area contributed by atoms with Gasteiger partial charge in [0, 0.05) is 26.2 Å². The van der Waals surface area contributed by atoms with Gasteiger partial charge in [0.1, 0.15) is 0 Å². The van der Waals surface area contributed by atoms with Crippen LogP contribution in [-0.2, 0) is 10.0 Å². The highest BCUT2D eigenvalue weighted by molar-refractivity contribution is 7.89. The minimum Gasteiger partial charge on any atom is -0.368 e. The molecule has 1 aliphatic heterocycles. The Kier molecular flexibility index (Phi) is 5.06. The zero-order valence-corrected chi connectivity index (χ0v) is 15.6. The molecule has 1 saturated heterocycles. The molecule has 1 heterocycles. The zero-order chi connectivity index (χ0) is 17.3. The van der Waals surface area contributed by atoms with Crippen molar-refractivity contribution < 1.29 is 8.42 Å². The standard InChI is InChI=1S/C17H18Cl2N2O2S/c1-13-4-2-5-14(12-13)24(22,23)21-10-8-20(9-11-21)16-7-3-6-15(18)17(16)19/h2-7,12H,8-11H2,1H3. The Labute approximate surface area is 152 Å². The van der Waals surface area contributed by atoms with Crippen LogP contribution in [0.3, 0.4) is 0 Å². The van der Waals surface area contributed by atoms with Crippen LogP contribution in [-0.4, -0.2) is 38.9 Å². The first-order valence-corrected chi connectivity index (χ1v) is 9.85. The quantitative estimate of drug-likeness (QED) is 0.807. The summed E-state index contributed by atoms with van der Waals surface area (Å²) in [7, 11) is -3.46. The fraction of sp³-hybridized carbons (Fsp3) is 0.294. The fourth-order valence-electron chi connectivity index (χ4n) is 2.83. The molecule has 0 spiro atoms. The van der Waals surface area contributed by atoms with Crippen LogP contribution in [0.5, 0.6) is 0 Å². The van der Waals surface area contributed by atoms with Crippen molar-refractivity contribution in [2.75, 3.05) is 31.1 Å². The number of sulfonamides is 1. The molecule has 0 radical (unpaired) electrons. The van der Waals surface area contributed by atoms with Crippen molar-refractivity contribution in [2.24, 2.45) is 0 Å². The van der Waals surface area contributed by atoms with E-state index in [9.17, 15) is 8.42 Å². The average molecular weight is 385 g/mol. The van der Waals surface area contributed by atoms with Crippen molar-refractivity contribution in [3.8, 4) is 0 Å². The predicted octanol–water partition coefficient (Wildman–Crippen LogP) is 3.81. The van der Waals surface area contributed by atoms with E-state index in [1.54, 1.807) is 24.3 Å². The van der Waals surface area contributed by atoms with E-state index in [2.05, 4.69) is 4.90 Å². The molecular weight excluding hydrogens is 367 g/mol. The van der Waals surface area contributed by atoms with E-state index in [0.717, 1.165) is 11.3 Å². The highest BCUT2D eigenvalue weighted by atomic mass is 35.5. The van der Waals surface area contributed by atoms with Crippen molar-refractivity contribution in [3.05, 3.63) is 58.1 Å². The van der Waals surface area contributed by atoms with E-state index in [1.807, 2.05) is 25.1 Å². The normalized spacial score (nSPS) is 16.4. The molecule has 1 aliphatic rings. The van der Waals surface area contributed by atoms with Crippen LogP contribution in [0, 0.1) is 6.92 Å². The van der Waals surface area contributed by atoms with E-state index in [-0.39, 0.29) is 0 Å². The number of aryl methyl sites for hydroxylation is 1. The van der Waals surface area contributed by atoms with E-state index in [4.69, 9.17) is 23.2 Å². The van der Waals surface area contributed by atoms with Crippen LogP contribution in [0.25, 0.3) is 0 Å². The van der Waals surface area contributed by atoms with Gasteiger partial charge in [0.2, 0.25) is 10.0 Å². The van der Waals surface area contributed by atoms with E-state index >= 15 is 0 Å². The minimum absolute atomic E-state index is 0.344. The van der Waals surface area contributed by atoms with Crippen molar-refractivity contribution in [1.82, 2.24) is 4.31 Å². The molecule has 0 aliphatic carbocycles. The van der Waals surface area contributed by atoms with Crippen LogP contribution >= 0.6 is 23.2 Å². The molecular formula is C17H18Cl2N2O2S. The molecule has 0 atom stereocenters. The molecule has 2 aromatic carbocycles. The molecule has 4 nitrogen and oxygen atoms in total. The first-order chi connectivity index (χ1) is 11.4. The summed E-state index contributed by atoms with van der Waals surface area (Å²) in [6, 6.07) is 12.5. The van der Waals surface area contributed by atoms with Gasteiger partial charge in [-0.1, -0.05) is 41.4 Å². The Morgan fingerprint density at radius 3 is 2.29 bits per heavy atom. The molecule has 24 heavy (non-hydrogen) atoms. The highest BCUT2D eigenvalue weighted by Gasteiger charge is 2.29. The van der Waals surface area contributed by atoms with E-state index in [0.29, 0.717) is 41.1 Å². The largest absolute Gasteiger partial charge is 0.368 e. The van der Waals surface area contributed by atoms with Gasteiger partial charge in [0.25, 0.3) is 0 Å². The number of rotatable bonds is 3. The predicted molar refractivity (Wildman–Crippen MR) is 98.6 cm³/mol. The van der Waals surface area contributed by atoms with Crippen LogP contribution in [0.2, 0.25) is 10.0 Å². The van der Waals surface area contributed by atoms with Crippen molar-refractivity contribution in [2.45, 2.75) is 11.8 Å². The molecule has 1 fully saturated rings. The lowest BCUT2D eigenvalue weighted by Crippen LogP contribution is -2.48. The number of hydrogen-bond donors (Lipinski definition) is 0. The Morgan fingerprint density at radius 2 is 1.62 bits per heavy atom. The monoisotopic (exact) mass is 384 g/mol. The van der Waals surface area contributed by atoms with Crippen molar-refractivity contribution in [1.29, 1.82) is 0 Å². The average Bonchev–Trinajstić information content (AvgIpc) is 2.57. The molecule has 3 rings (SSSR count). The number of anilines is 1. The maximum atomic E-state index is 12.8. The van der Waals surface area contributed by atoms with Crippen LogP contribution in [0.15, 0.2) is 47.4 Å². The van der Waals surface area contributed by atoms with E-state index in [1.165, 1.54) is 4.31 Å². The Bertz CT molecular complexity index is 847. The van der Waals surface area contributed by atoms with Gasteiger partial charge in [-0.15, -0.1) is 0 Å². The molecule has 0 saturated carbocycles. The second-order valence-corrected chi connectivity index (χ2v) is 8.50. The lowest BCUT2D eigenvalue weighted by Gasteiger charge is -2.35. The van der Waals surface area contributed by atoms with Gasteiger partial charge in [-0.3, -0.25) is 0 Å². The summed E-state index contributed by atoms with van der Waals surface area (Å²) >= 11 is 12.3. The Hall–Kier alpha value is -1.27. The van der Waals surface area contributed by atoms with Gasteiger partial charge in [0.15, 0.2) is 0 Å². The summed E-state index contributed by atoms with van der Waals surface area (Å²) in [5.41, 5.74) is 1.78. The minimum atomic E-state index is -3.46. The SMILES string of the molecule is Cc1cccc(S(=O)(=O)N2CCN(c3cccc(Cl)c3Cl)CC2)c1.